The molecule has 1 aliphatic rings. The maximum Gasteiger partial charge on any atom is 0.293 e. The van der Waals surface area contributed by atoms with Crippen LogP contribution in [0.15, 0.2) is 18.5 Å². The number of nitrogens with zero attached hydrogens (tertiary/aromatic N) is 3. The van der Waals surface area contributed by atoms with Crippen molar-refractivity contribution < 1.29 is 4.92 Å². The monoisotopic (exact) mass is 329 g/mol. The highest BCUT2D eigenvalue weighted by Gasteiger charge is 2.18. The minimum atomic E-state index is -0.366. The van der Waals surface area contributed by atoms with Gasteiger partial charge in [0.15, 0.2) is 0 Å². The fourth-order valence-electron chi connectivity index (χ4n) is 3.35. The van der Waals surface area contributed by atoms with E-state index in [0.717, 1.165) is 6.54 Å². The second-order valence-electron chi connectivity index (χ2n) is 6.28. The summed E-state index contributed by atoms with van der Waals surface area (Å²) in [5, 5.41) is 18.5. The zero-order valence-electron chi connectivity index (χ0n) is 13.9. The third kappa shape index (κ3) is 3.55. The summed E-state index contributed by atoms with van der Waals surface area (Å²) < 4.78 is 0. The van der Waals surface area contributed by atoms with Crippen molar-refractivity contribution in [3.05, 3.63) is 28.6 Å². The first kappa shape index (κ1) is 16.4. The molecule has 0 unspecified atom stereocenters. The second kappa shape index (κ2) is 7.42. The molecule has 1 aliphatic carbocycles. The van der Waals surface area contributed by atoms with Crippen LogP contribution in [0.1, 0.15) is 39.0 Å². The molecule has 0 spiro atoms. The molecule has 1 heterocycles. The molecule has 0 radical (unpaired) electrons. The molecule has 1 aromatic carbocycles. The van der Waals surface area contributed by atoms with Crippen molar-refractivity contribution >= 4 is 28.1 Å². The van der Waals surface area contributed by atoms with Crippen molar-refractivity contribution in [2.75, 3.05) is 23.7 Å². The highest BCUT2D eigenvalue weighted by molar-refractivity contribution is 5.94. The molecule has 1 saturated carbocycles. The van der Waals surface area contributed by atoms with Gasteiger partial charge >= 0.3 is 0 Å². The molecule has 2 aromatic rings. The molecule has 1 aromatic heterocycles. The van der Waals surface area contributed by atoms with Crippen molar-refractivity contribution in [3.63, 3.8) is 0 Å². The Morgan fingerprint density at radius 1 is 1.21 bits per heavy atom. The molecule has 1 fully saturated rings. The lowest BCUT2D eigenvalue weighted by atomic mass is 9.89. The largest absolute Gasteiger partial charge is 0.380 e. The number of anilines is 2. The van der Waals surface area contributed by atoms with Crippen molar-refractivity contribution in [2.45, 2.75) is 39.0 Å². The van der Waals surface area contributed by atoms with Gasteiger partial charge < -0.3 is 10.6 Å². The molecule has 7 heteroatoms. The van der Waals surface area contributed by atoms with Crippen LogP contribution < -0.4 is 10.6 Å². The summed E-state index contributed by atoms with van der Waals surface area (Å²) in [6, 6.07) is 3.29. The minimum absolute atomic E-state index is 0.0554. The van der Waals surface area contributed by atoms with E-state index in [4.69, 9.17) is 0 Å². The Morgan fingerprint density at radius 3 is 2.71 bits per heavy atom. The van der Waals surface area contributed by atoms with Gasteiger partial charge in [-0.3, -0.25) is 10.1 Å². The van der Waals surface area contributed by atoms with Gasteiger partial charge in [-0.05, 0) is 31.7 Å². The summed E-state index contributed by atoms with van der Waals surface area (Å²) >= 11 is 0. The van der Waals surface area contributed by atoms with E-state index in [0.29, 0.717) is 34.9 Å². The summed E-state index contributed by atoms with van der Waals surface area (Å²) in [6.45, 7) is 3.38. The Labute approximate surface area is 141 Å². The Hall–Kier alpha value is -2.44. The quantitative estimate of drug-likeness (QED) is 0.615. The van der Waals surface area contributed by atoms with Crippen LogP contribution in [0.2, 0.25) is 0 Å². The van der Waals surface area contributed by atoms with Crippen LogP contribution in [0, 0.1) is 16.0 Å². The molecule has 2 N–H and O–H groups in total. The first-order valence-electron chi connectivity index (χ1n) is 8.60. The second-order valence-corrected chi connectivity index (χ2v) is 6.28. The van der Waals surface area contributed by atoms with E-state index >= 15 is 0 Å². The van der Waals surface area contributed by atoms with Crippen LogP contribution in [0.25, 0.3) is 10.9 Å². The van der Waals surface area contributed by atoms with E-state index < -0.39 is 0 Å². The van der Waals surface area contributed by atoms with Gasteiger partial charge in [0, 0.05) is 24.5 Å². The van der Waals surface area contributed by atoms with Crippen LogP contribution in [0.5, 0.6) is 0 Å². The van der Waals surface area contributed by atoms with Gasteiger partial charge in [-0.15, -0.1) is 0 Å². The van der Waals surface area contributed by atoms with E-state index in [-0.39, 0.29) is 10.6 Å². The number of nitro benzene ring substituents is 1. The third-order valence-electron chi connectivity index (χ3n) is 4.60. The number of hydrogen-bond acceptors (Lipinski definition) is 6. The van der Waals surface area contributed by atoms with Gasteiger partial charge in [-0.25, -0.2) is 9.97 Å². The average molecular weight is 329 g/mol. The molecular formula is C17H23N5O2. The lowest BCUT2D eigenvalue weighted by Gasteiger charge is -2.22. The first-order chi connectivity index (χ1) is 11.7. The van der Waals surface area contributed by atoms with Crippen LogP contribution in [0.4, 0.5) is 17.2 Å². The van der Waals surface area contributed by atoms with E-state index in [1.807, 2.05) is 6.92 Å². The fraction of sp³-hybridized carbons (Fsp3) is 0.529. The lowest BCUT2D eigenvalue weighted by Crippen LogP contribution is -2.17. The van der Waals surface area contributed by atoms with E-state index in [1.54, 1.807) is 12.1 Å². The number of rotatable bonds is 6. The topological polar surface area (TPSA) is 93.0 Å². The standard InChI is InChI=1S/C17H23N5O2/c1-2-18-15-9-14-13(8-16(15)22(23)24)17(21-11-20-14)19-10-12-6-4-3-5-7-12/h8-9,11-12,18H,2-7,10H2,1H3,(H,19,20,21). The Balaban J connectivity index is 1.90. The van der Waals surface area contributed by atoms with E-state index in [9.17, 15) is 10.1 Å². The van der Waals surface area contributed by atoms with Crippen LogP contribution in [-0.4, -0.2) is 28.0 Å². The summed E-state index contributed by atoms with van der Waals surface area (Å²) in [4.78, 5) is 19.6. The van der Waals surface area contributed by atoms with Crippen LogP contribution in [-0.2, 0) is 0 Å². The van der Waals surface area contributed by atoms with Crippen molar-refractivity contribution in [1.29, 1.82) is 0 Å². The van der Waals surface area contributed by atoms with E-state index in [2.05, 4.69) is 20.6 Å². The zero-order chi connectivity index (χ0) is 16.9. The number of benzene rings is 1. The summed E-state index contributed by atoms with van der Waals surface area (Å²) in [5.41, 5.74) is 1.25. The van der Waals surface area contributed by atoms with Gasteiger partial charge in [-0.1, -0.05) is 19.3 Å². The van der Waals surface area contributed by atoms with Crippen molar-refractivity contribution in [2.24, 2.45) is 5.92 Å². The smallest absolute Gasteiger partial charge is 0.293 e. The maximum absolute atomic E-state index is 11.4. The minimum Gasteiger partial charge on any atom is -0.380 e. The van der Waals surface area contributed by atoms with Gasteiger partial charge in [0.1, 0.15) is 17.8 Å². The predicted molar refractivity (Wildman–Crippen MR) is 95.4 cm³/mol. The van der Waals surface area contributed by atoms with Gasteiger partial charge in [0.05, 0.1) is 10.4 Å². The number of aromatic nitrogens is 2. The lowest BCUT2D eigenvalue weighted by molar-refractivity contribution is -0.383. The maximum atomic E-state index is 11.4. The number of hydrogen-bond donors (Lipinski definition) is 2. The third-order valence-corrected chi connectivity index (χ3v) is 4.60. The van der Waals surface area contributed by atoms with E-state index in [1.165, 1.54) is 38.4 Å². The van der Waals surface area contributed by atoms with Crippen molar-refractivity contribution in [1.82, 2.24) is 9.97 Å². The zero-order valence-corrected chi connectivity index (χ0v) is 13.9. The molecule has 0 atom stereocenters. The summed E-state index contributed by atoms with van der Waals surface area (Å²) in [5.74, 6) is 1.33. The fourth-order valence-corrected chi connectivity index (χ4v) is 3.35. The molecule has 0 amide bonds. The highest BCUT2D eigenvalue weighted by Crippen LogP contribution is 2.32. The molecule has 0 aliphatic heterocycles. The summed E-state index contributed by atoms with van der Waals surface area (Å²) in [6.07, 6.45) is 7.88. The number of nitrogens with one attached hydrogen (secondary N) is 2. The molecule has 3 rings (SSSR count). The SMILES string of the molecule is CCNc1cc2ncnc(NCC3CCCCC3)c2cc1[N+](=O)[O-]. The Morgan fingerprint density at radius 2 is 2.00 bits per heavy atom. The number of nitro groups is 1. The normalized spacial score (nSPS) is 15.4. The average Bonchev–Trinajstić information content (AvgIpc) is 2.60. The molecule has 128 valence electrons. The van der Waals surface area contributed by atoms with Crippen molar-refractivity contribution in [3.8, 4) is 0 Å². The van der Waals surface area contributed by atoms with Crippen LogP contribution in [0.3, 0.4) is 0 Å². The number of fused-ring (bicyclic) bond motifs is 1. The molecule has 0 bridgehead atoms. The van der Waals surface area contributed by atoms with Gasteiger partial charge in [0.25, 0.3) is 5.69 Å². The highest BCUT2D eigenvalue weighted by atomic mass is 16.6. The van der Waals surface area contributed by atoms with Crippen LogP contribution >= 0.6 is 0 Å². The van der Waals surface area contributed by atoms with Gasteiger partial charge in [-0.2, -0.15) is 0 Å². The summed E-state index contributed by atoms with van der Waals surface area (Å²) in [7, 11) is 0. The van der Waals surface area contributed by atoms with Gasteiger partial charge in [0.2, 0.25) is 0 Å². The molecular weight excluding hydrogens is 306 g/mol. The Bertz CT molecular complexity index is 728. The Kier molecular flexibility index (Phi) is 5.08. The first-order valence-corrected chi connectivity index (χ1v) is 8.60. The molecule has 24 heavy (non-hydrogen) atoms. The predicted octanol–water partition coefficient (Wildman–Crippen LogP) is 3.96. The molecule has 7 nitrogen and oxygen atoms in total. The molecule has 0 saturated heterocycles.